The molecule has 4 heteroatoms. The fourth-order valence-electron chi connectivity index (χ4n) is 1.22. The first kappa shape index (κ1) is 12.3. The van der Waals surface area contributed by atoms with E-state index >= 15 is 0 Å². The van der Waals surface area contributed by atoms with E-state index in [1.165, 1.54) is 17.6 Å². The number of halogens is 1. The molecule has 1 heterocycles. The summed E-state index contributed by atoms with van der Waals surface area (Å²) in [4.78, 5) is 12.2. The number of rotatable bonds is 3. The summed E-state index contributed by atoms with van der Waals surface area (Å²) in [7, 11) is 0. The molecule has 2 rings (SSSR count). The average Bonchev–Trinajstić information content (AvgIpc) is 2.90. The predicted molar refractivity (Wildman–Crippen MR) is 64.2 cm³/mol. The summed E-state index contributed by atoms with van der Waals surface area (Å²) in [6.45, 7) is 0. The SMILES string of the molecule is O=C(O/C=C(\[I-])c1ccccc1)c1cccs1. The van der Waals surface area contributed by atoms with Crippen LogP contribution in [0.2, 0.25) is 0 Å². The third-order valence-corrected chi connectivity index (χ3v) is 3.77. The van der Waals surface area contributed by atoms with Gasteiger partial charge in [0.15, 0.2) is 0 Å². The molecule has 2 aromatic rings. The van der Waals surface area contributed by atoms with Crippen molar-refractivity contribution in [3.8, 4) is 0 Å². The zero-order valence-electron chi connectivity index (χ0n) is 8.80. The Bertz CT molecular complexity index is 518. The van der Waals surface area contributed by atoms with Gasteiger partial charge in [-0.15, -0.1) is 14.9 Å². The zero-order valence-corrected chi connectivity index (χ0v) is 11.8. The number of hydrogen-bond donors (Lipinski definition) is 0. The van der Waals surface area contributed by atoms with Crippen LogP contribution < -0.4 is 22.6 Å². The van der Waals surface area contributed by atoms with Gasteiger partial charge < -0.3 is 27.3 Å². The van der Waals surface area contributed by atoms with Crippen LogP contribution in [0.15, 0.2) is 54.1 Å². The minimum absolute atomic E-state index is 0.315. The van der Waals surface area contributed by atoms with Crippen molar-refractivity contribution in [2.75, 3.05) is 0 Å². The molecule has 1 aromatic carbocycles. The first-order valence-electron chi connectivity index (χ1n) is 4.93. The number of carbonyl (C=O) groups excluding carboxylic acids is 1. The lowest BCUT2D eigenvalue weighted by atomic mass is 10.2. The van der Waals surface area contributed by atoms with E-state index in [0.717, 1.165) is 9.14 Å². The van der Waals surface area contributed by atoms with Crippen LogP contribution >= 0.6 is 11.3 Å². The fraction of sp³-hybridized carbons (Fsp3) is 0. The molecule has 0 bridgehead atoms. The molecule has 0 aliphatic heterocycles. The normalized spacial score (nSPS) is 11.2. The molecule has 0 fully saturated rings. The zero-order chi connectivity index (χ0) is 12.1. The summed E-state index contributed by atoms with van der Waals surface area (Å²) < 4.78 is 6.00. The summed E-state index contributed by atoms with van der Waals surface area (Å²) in [5.41, 5.74) is 1.03. The maximum absolute atomic E-state index is 11.6. The molecule has 0 aliphatic rings. The van der Waals surface area contributed by atoms with Crippen LogP contribution in [0.1, 0.15) is 15.2 Å². The maximum atomic E-state index is 11.6. The van der Waals surface area contributed by atoms with Gasteiger partial charge in [-0.05, 0) is 17.0 Å². The number of hydrogen-bond acceptors (Lipinski definition) is 3. The van der Waals surface area contributed by atoms with Crippen molar-refractivity contribution in [2.45, 2.75) is 0 Å². The minimum atomic E-state index is -0.315. The van der Waals surface area contributed by atoms with Crippen LogP contribution in [0.5, 0.6) is 0 Å². The highest BCUT2D eigenvalue weighted by atomic mass is 127. The summed E-state index contributed by atoms with van der Waals surface area (Å²) in [5.74, 6) is -0.315. The Kier molecular flexibility index (Phi) is 4.33. The molecule has 0 atom stereocenters. The Morgan fingerprint density at radius 2 is 1.94 bits per heavy atom. The number of benzene rings is 1. The van der Waals surface area contributed by atoms with E-state index in [4.69, 9.17) is 4.74 Å². The molecule has 0 unspecified atom stereocenters. The molecule has 0 saturated heterocycles. The number of carbonyl (C=O) groups is 1. The molecule has 0 saturated carbocycles. The van der Waals surface area contributed by atoms with Crippen molar-refractivity contribution in [3.63, 3.8) is 0 Å². The van der Waals surface area contributed by atoms with Gasteiger partial charge in [-0.2, -0.15) is 0 Å². The third kappa shape index (κ3) is 3.41. The largest absolute Gasteiger partial charge is 0.755 e. The lowest BCUT2D eigenvalue weighted by Gasteiger charge is -2.11. The van der Waals surface area contributed by atoms with Gasteiger partial charge in [0.05, 0.1) is 6.26 Å². The molecular formula is C13H9IO2S-. The Labute approximate surface area is 117 Å². The van der Waals surface area contributed by atoms with Crippen molar-refractivity contribution in [3.05, 3.63) is 64.5 Å². The lowest BCUT2D eigenvalue weighted by Crippen LogP contribution is -3.32. The molecule has 0 amide bonds. The van der Waals surface area contributed by atoms with Crippen LogP contribution in [-0.4, -0.2) is 5.97 Å². The summed E-state index contributed by atoms with van der Waals surface area (Å²) >= 11 is 3.52. The molecular weight excluding hydrogens is 347 g/mol. The lowest BCUT2D eigenvalue weighted by molar-refractivity contribution is -0.245. The summed E-state index contributed by atoms with van der Waals surface area (Å²) in [5, 5.41) is 1.85. The van der Waals surface area contributed by atoms with Crippen molar-refractivity contribution in [1.29, 1.82) is 0 Å². The van der Waals surface area contributed by atoms with Crippen molar-refractivity contribution in [2.24, 2.45) is 0 Å². The number of thiophene rings is 1. The smallest absolute Gasteiger partial charge is 0.353 e. The van der Waals surface area contributed by atoms with Crippen molar-refractivity contribution >= 4 is 20.9 Å². The highest BCUT2D eigenvalue weighted by molar-refractivity contribution is 7.11. The van der Waals surface area contributed by atoms with Gasteiger partial charge in [-0.25, -0.2) is 4.79 Å². The Hall–Kier alpha value is -1.14. The van der Waals surface area contributed by atoms with Gasteiger partial charge >= 0.3 is 5.97 Å². The summed E-state index contributed by atoms with van der Waals surface area (Å²) in [6.07, 6.45) is 1.48. The van der Waals surface area contributed by atoms with E-state index in [-0.39, 0.29) is 5.97 Å². The van der Waals surface area contributed by atoms with Crippen LogP contribution in [0.25, 0.3) is 3.58 Å². The summed E-state index contributed by atoms with van der Waals surface area (Å²) in [6, 6.07) is 13.4. The maximum Gasteiger partial charge on any atom is 0.353 e. The molecule has 1 aromatic heterocycles. The topological polar surface area (TPSA) is 26.3 Å². The fourth-order valence-corrected chi connectivity index (χ4v) is 2.32. The second-order valence-electron chi connectivity index (χ2n) is 3.21. The van der Waals surface area contributed by atoms with E-state index in [0.29, 0.717) is 4.88 Å². The highest BCUT2D eigenvalue weighted by Gasteiger charge is 2.05. The molecule has 87 valence electrons. The van der Waals surface area contributed by atoms with E-state index < -0.39 is 0 Å². The third-order valence-electron chi connectivity index (χ3n) is 2.04. The first-order valence-corrected chi connectivity index (χ1v) is 6.89. The second-order valence-corrected chi connectivity index (χ2v) is 5.32. The van der Waals surface area contributed by atoms with Crippen LogP contribution in [-0.2, 0) is 4.74 Å². The number of esters is 1. The van der Waals surface area contributed by atoms with Gasteiger partial charge in [-0.3, -0.25) is 0 Å². The molecule has 1 radical (unpaired) electrons. The molecule has 0 aliphatic carbocycles. The molecule has 17 heavy (non-hydrogen) atoms. The van der Waals surface area contributed by atoms with Crippen LogP contribution in [0, 0.1) is 0 Å². The standard InChI is InChI=1S/C13H9IO2S/c14-11(10-5-2-1-3-6-10)9-16-13(15)12-7-4-8-17-12/h1-9H/q-1/b11-9-. The van der Waals surface area contributed by atoms with Gasteiger partial charge in [0.25, 0.3) is 0 Å². The van der Waals surface area contributed by atoms with Crippen LogP contribution in [0.4, 0.5) is 0 Å². The minimum Gasteiger partial charge on any atom is -0.755 e. The predicted octanol–water partition coefficient (Wildman–Crippen LogP) is 0.457. The number of ether oxygens (including phenoxy) is 1. The first-order chi connectivity index (χ1) is 8.27. The quantitative estimate of drug-likeness (QED) is 0.454. The second kappa shape index (κ2) is 5.97. The van der Waals surface area contributed by atoms with Gasteiger partial charge in [0.2, 0.25) is 0 Å². The van der Waals surface area contributed by atoms with Gasteiger partial charge in [-0.1, -0.05) is 36.4 Å². The van der Waals surface area contributed by atoms with Gasteiger partial charge in [0, 0.05) is 0 Å². The van der Waals surface area contributed by atoms with Crippen molar-refractivity contribution < 1.29 is 32.1 Å². The van der Waals surface area contributed by atoms with Crippen LogP contribution in [0.3, 0.4) is 0 Å². The Morgan fingerprint density at radius 1 is 1.18 bits per heavy atom. The van der Waals surface area contributed by atoms with Gasteiger partial charge in [0.1, 0.15) is 4.88 Å². The van der Waals surface area contributed by atoms with E-state index in [9.17, 15) is 4.79 Å². The van der Waals surface area contributed by atoms with Crippen molar-refractivity contribution in [1.82, 2.24) is 0 Å². The van der Waals surface area contributed by atoms with E-state index in [1.54, 1.807) is 6.07 Å². The van der Waals surface area contributed by atoms with E-state index in [2.05, 4.69) is 22.6 Å². The highest BCUT2D eigenvalue weighted by Crippen LogP contribution is 2.11. The molecule has 0 spiro atoms. The molecule has 2 nitrogen and oxygen atoms in total. The Balaban J connectivity index is 2.04. The monoisotopic (exact) mass is 356 g/mol. The van der Waals surface area contributed by atoms with E-state index in [1.807, 2.05) is 41.8 Å². The Morgan fingerprint density at radius 3 is 2.59 bits per heavy atom. The average molecular weight is 356 g/mol. The molecule has 0 N–H and O–H groups in total.